The molecule has 0 aliphatic rings. The second-order valence-electron chi connectivity index (χ2n) is 3.27. The van der Waals surface area contributed by atoms with Crippen molar-refractivity contribution in [3.63, 3.8) is 0 Å². The van der Waals surface area contributed by atoms with E-state index in [-0.39, 0.29) is 0 Å². The van der Waals surface area contributed by atoms with Crippen LogP contribution in [0.2, 0.25) is 0 Å². The number of halogens is 1. The highest BCUT2D eigenvalue weighted by molar-refractivity contribution is 9.10. The van der Waals surface area contributed by atoms with Crippen LogP contribution in [-0.4, -0.2) is 24.2 Å². The van der Waals surface area contributed by atoms with Gasteiger partial charge in [0.2, 0.25) is 5.88 Å². The largest absolute Gasteiger partial charge is 0.476 e. The van der Waals surface area contributed by atoms with Gasteiger partial charge in [-0.15, -0.1) is 0 Å². The van der Waals surface area contributed by atoms with Gasteiger partial charge < -0.3 is 10.1 Å². The fourth-order valence-corrected chi connectivity index (χ4v) is 1.19. The zero-order valence-corrected chi connectivity index (χ0v) is 10.0. The minimum absolute atomic E-state index is 0.497. The first kappa shape index (κ1) is 11.5. The summed E-state index contributed by atoms with van der Waals surface area (Å²) in [4.78, 5) is 4.10. The molecule has 1 aromatic heterocycles. The van der Waals surface area contributed by atoms with Crippen molar-refractivity contribution in [2.45, 2.75) is 19.9 Å². The molecule has 78 valence electrons. The van der Waals surface area contributed by atoms with Gasteiger partial charge in [-0.3, -0.25) is 0 Å². The number of ether oxygens (including phenoxy) is 1. The van der Waals surface area contributed by atoms with E-state index in [4.69, 9.17) is 4.74 Å². The lowest BCUT2D eigenvalue weighted by Gasteiger charge is -2.08. The van der Waals surface area contributed by atoms with E-state index in [1.165, 1.54) is 0 Å². The molecule has 1 rings (SSSR count). The van der Waals surface area contributed by atoms with Crippen molar-refractivity contribution < 1.29 is 4.74 Å². The van der Waals surface area contributed by atoms with E-state index in [9.17, 15) is 0 Å². The van der Waals surface area contributed by atoms with E-state index in [1.54, 1.807) is 6.20 Å². The lowest BCUT2D eigenvalue weighted by atomic mass is 10.4. The molecule has 0 amide bonds. The Morgan fingerprint density at radius 1 is 1.50 bits per heavy atom. The molecule has 0 atom stereocenters. The second kappa shape index (κ2) is 5.98. The number of rotatable bonds is 5. The fourth-order valence-electron chi connectivity index (χ4n) is 0.951. The van der Waals surface area contributed by atoms with Gasteiger partial charge in [0.15, 0.2) is 0 Å². The first-order valence-electron chi connectivity index (χ1n) is 4.66. The normalized spacial score (nSPS) is 10.6. The zero-order valence-electron chi connectivity index (χ0n) is 8.46. The maximum Gasteiger partial charge on any atom is 0.213 e. The van der Waals surface area contributed by atoms with E-state index >= 15 is 0 Å². The van der Waals surface area contributed by atoms with Crippen LogP contribution in [0.4, 0.5) is 0 Å². The Morgan fingerprint density at radius 3 is 2.86 bits per heavy atom. The molecule has 1 N–H and O–H groups in total. The molecule has 3 nitrogen and oxygen atoms in total. The lowest BCUT2D eigenvalue weighted by molar-refractivity contribution is 0.298. The quantitative estimate of drug-likeness (QED) is 0.823. The highest BCUT2D eigenvalue weighted by atomic mass is 79.9. The summed E-state index contributed by atoms with van der Waals surface area (Å²) in [6.07, 6.45) is 1.73. The minimum Gasteiger partial charge on any atom is -0.476 e. The van der Waals surface area contributed by atoms with Gasteiger partial charge in [0.1, 0.15) is 6.61 Å². The van der Waals surface area contributed by atoms with E-state index in [0.717, 1.165) is 11.0 Å². The van der Waals surface area contributed by atoms with Crippen LogP contribution in [0.25, 0.3) is 0 Å². The van der Waals surface area contributed by atoms with Gasteiger partial charge in [-0.1, -0.05) is 13.8 Å². The Bertz CT molecular complexity index is 261. The van der Waals surface area contributed by atoms with Crippen molar-refractivity contribution >= 4 is 15.9 Å². The first-order valence-corrected chi connectivity index (χ1v) is 5.45. The monoisotopic (exact) mass is 258 g/mol. The molecule has 0 saturated carbocycles. The summed E-state index contributed by atoms with van der Waals surface area (Å²) in [5, 5.41) is 3.27. The van der Waals surface area contributed by atoms with Crippen molar-refractivity contribution in [2.24, 2.45) is 0 Å². The topological polar surface area (TPSA) is 34.1 Å². The summed E-state index contributed by atoms with van der Waals surface area (Å²) in [6.45, 7) is 5.71. The molecule has 1 aromatic rings. The van der Waals surface area contributed by atoms with E-state index in [0.29, 0.717) is 18.5 Å². The molecular weight excluding hydrogens is 244 g/mol. The van der Waals surface area contributed by atoms with E-state index in [2.05, 4.69) is 40.1 Å². The molecule has 0 aliphatic carbocycles. The molecule has 4 heteroatoms. The van der Waals surface area contributed by atoms with Crippen LogP contribution < -0.4 is 10.1 Å². The van der Waals surface area contributed by atoms with Crippen LogP contribution >= 0.6 is 15.9 Å². The molecule has 0 bridgehead atoms. The van der Waals surface area contributed by atoms with Gasteiger partial charge in [0.25, 0.3) is 0 Å². The third-order valence-electron chi connectivity index (χ3n) is 1.60. The average molecular weight is 259 g/mol. The number of nitrogens with one attached hydrogen (secondary N) is 1. The highest BCUT2D eigenvalue weighted by Gasteiger charge is 1.95. The van der Waals surface area contributed by atoms with E-state index < -0.39 is 0 Å². The smallest absolute Gasteiger partial charge is 0.213 e. The minimum atomic E-state index is 0.497. The molecule has 14 heavy (non-hydrogen) atoms. The van der Waals surface area contributed by atoms with Crippen LogP contribution in [-0.2, 0) is 0 Å². The predicted octanol–water partition coefficient (Wildman–Crippen LogP) is 2.22. The van der Waals surface area contributed by atoms with E-state index in [1.807, 2.05) is 12.1 Å². The first-order chi connectivity index (χ1) is 6.68. The predicted molar refractivity (Wildman–Crippen MR) is 60.6 cm³/mol. The van der Waals surface area contributed by atoms with Gasteiger partial charge in [-0.2, -0.15) is 0 Å². The van der Waals surface area contributed by atoms with Crippen LogP contribution in [0.3, 0.4) is 0 Å². The number of pyridine rings is 1. The number of nitrogens with zero attached hydrogens (tertiary/aromatic N) is 1. The Balaban J connectivity index is 2.21. The fraction of sp³-hybridized carbons (Fsp3) is 0.500. The van der Waals surface area contributed by atoms with Crippen molar-refractivity contribution in [2.75, 3.05) is 13.2 Å². The number of aromatic nitrogens is 1. The zero-order chi connectivity index (χ0) is 10.4. The van der Waals surface area contributed by atoms with Crippen LogP contribution in [0, 0.1) is 0 Å². The summed E-state index contributed by atoms with van der Waals surface area (Å²) in [5.41, 5.74) is 0. The lowest BCUT2D eigenvalue weighted by Crippen LogP contribution is -2.27. The maximum absolute atomic E-state index is 5.42. The molecule has 1 heterocycles. The summed E-state index contributed by atoms with van der Waals surface area (Å²) in [5.74, 6) is 0.666. The van der Waals surface area contributed by atoms with Crippen LogP contribution in [0.15, 0.2) is 22.8 Å². The SMILES string of the molecule is CC(C)NCCOc1ccc(Br)cn1. The molecule has 0 aromatic carbocycles. The van der Waals surface area contributed by atoms with Crippen molar-refractivity contribution in [3.8, 4) is 5.88 Å². The molecule has 0 aliphatic heterocycles. The summed E-state index contributed by atoms with van der Waals surface area (Å²) < 4.78 is 6.38. The molecule has 0 saturated heterocycles. The highest BCUT2D eigenvalue weighted by Crippen LogP contribution is 2.11. The standard InChI is InChI=1S/C10H15BrN2O/c1-8(2)12-5-6-14-10-4-3-9(11)7-13-10/h3-4,7-8,12H,5-6H2,1-2H3. The molecule has 0 radical (unpaired) electrons. The van der Waals surface area contributed by atoms with Gasteiger partial charge in [0.05, 0.1) is 0 Å². The van der Waals surface area contributed by atoms with Crippen LogP contribution in [0.5, 0.6) is 5.88 Å². The summed E-state index contributed by atoms with van der Waals surface area (Å²) in [7, 11) is 0. The summed E-state index contributed by atoms with van der Waals surface area (Å²) >= 11 is 3.32. The molecule has 0 unspecified atom stereocenters. The van der Waals surface area contributed by atoms with Gasteiger partial charge in [-0.25, -0.2) is 4.98 Å². The van der Waals surface area contributed by atoms with Gasteiger partial charge >= 0.3 is 0 Å². The Labute approximate surface area is 93.0 Å². The Morgan fingerprint density at radius 2 is 2.29 bits per heavy atom. The Kier molecular flexibility index (Phi) is 4.90. The van der Waals surface area contributed by atoms with Crippen molar-refractivity contribution in [1.82, 2.24) is 10.3 Å². The van der Waals surface area contributed by atoms with Crippen molar-refractivity contribution in [1.29, 1.82) is 0 Å². The molecule has 0 spiro atoms. The van der Waals surface area contributed by atoms with Crippen LogP contribution in [0.1, 0.15) is 13.8 Å². The van der Waals surface area contributed by atoms with Crippen molar-refractivity contribution in [3.05, 3.63) is 22.8 Å². The second-order valence-corrected chi connectivity index (χ2v) is 4.19. The third-order valence-corrected chi connectivity index (χ3v) is 2.07. The molecule has 0 fully saturated rings. The Hall–Kier alpha value is -0.610. The number of hydrogen-bond acceptors (Lipinski definition) is 3. The van der Waals surface area contributed by atoms with Gasteiger partial charge in [-0.05, 0) is 22.0 Å². The maximum atomic E-state index is 5.42. The summed E-state index contributed by atoms with van der Waals surface area (Å²) in [6, 6.07) is 4.26. The molecular formula is C10H15BrN2O. The average Bonchev–Trinajstić information content (AvgIpc) is 2.15. The number of hydrogen-bond donors (Lipinski definition) is 1. The third kappa shape index (κ3) is 4.58. The van der Waals surface area contributed by atoms with Gasteiger partial charge in [0, 0.05) is 29.3 Å².